The van der Waals surface area contributed by atoms with Gasteiger partial charge in [0.15, 0.2) is 0 Å². The number of likely N-dealkylation sites (N-methyl/N-ethyl adjacent to an activating group) is 2. The maximum atomic E-state index is 2.55. The zero-order valence-electron chi connectivity index (χ0n) is 7.75. The van der Waals surface area contributed by atoms with Crippen molar-refractivity contribution in [2.45, 2.75) is 25.4 Å². The van der Waals surface area contributed by atoms with Crippen molar-refractivity contribution in [3.8, 4) is 0 Å². The third kappa shape index (κ3) is 1.09. The topological polar surface area (TPSA) is 6.48 Å². The second-order valence-electron chi connectivity index (χ2n) is 4.30. The maximum absolute atomic E-state index is 2.55. The van der Waals surface area contributed by atoms with E-state index in [0.717, 1.165) is 18.0 Å². The van der Waals surface area contributed by atoms with Crippen molar-refractivity contribution in [1.82, 2.24) is 9.80 Å². The van der Waals surface area contributed by atoms with Gasteiger partial charge >= 0.3 is 0 Å². The molecule has 64 valence electrons. The van der Waals surface area contributed by atoms with E-state index >= 15 is 0 Å². The molecule has 0 amide bonds. The van der Waals surface area contributed by atoms with Gasteiger partial charge in [-0.1, -0.05) is 0 Å². The fourth-order valence-electron chi connectivity index (χ4n) is 2.69. The Morgan fingerprint density at radius 2 is 1.91 bits per heavy atom. The van der Waals surface area contributed by atoms with E-state index in [4.69, 9.17) is 0 Å². The van der Waals surface area contributed by atoms with E-state index in [2.05, 4.69) is 30.8 Å². The first kappa shape index (κ1) is 7.56. The number of nitrogens with zero attached hydrogens (tertiary/aromatic N) is 2. The van der Waals surface area contributed by atoms with E-state index in [0.29, 0.717) is 0 Å². The van der Waals surface area contributed by atoms with Gasteiger partial charge in [-0.25, -0.2) is 0 Å². The summed E-state index contributed by atoms with van der Waals surface area (Å²) in [6.07, 6.45) is 1.41. The second kappa shape index (κ2) is 2.46. The van der Waals surface area contributed by atoms with Crippen LogP contribution in [0.4, 0.5) is 0 Å². The lowest BCUT2D eigenvalue weighted by molar-refractivity contribution is 0.233. The van der Waals surface area contributed by atoms with Gasteiger partial charge < -0.3 is 4.90 Å². The number of rotatable bonds is 0. The molecule has 2 heterocycles. The molecular weight excluding hydrogens is 136 g/mol. The van der Waals surface area contributed by atoms with Crippen LogP contribution in [-0.2, 0) is 0 Å². The third-order valence-corrected chi connectivity index (χ3v) is 3.45. The molecule has 2 heteroatoms. The van der Waals surface area contributed by atoms with Crippen LogP contribution in [0, 0.1) is 5.92 Å². The lowest BCUT2D eigenvalue weighted by atomic mass is 10.0. The Kier molecular flexibility index (Phi) is 1.69. The summed E-state index contributed by atoms with van der Waals surface area (Å²) in [6, 6.07) is 1.67. The molecule has 2 aliphatic rings. The summed E-state index contributed by atoms with van der Waals surface area (Å²) in [5, 5.41) is 0. The van der Waals surface area contributed by atoms with E-state index in [1.807, 2.05) is 0 Å². The molecule has 0 aliphatic carbocycles. The minimum Gasteiger partial charge on any atom is -0.304 e. The summed E-state index contributed by atoms with van der Waals surface area (Å²) in [4.78, 5) is 5.01. The highest BCUT2D eigenvalue weighted by atomic mass is 15.3. The first-order valence-corrected chi connectivity index (χ1v) is 4.59. The average molecular weight is 154 g/mol. The van der Waals surface area contributed by atoms with Crippen LogP contribution in [-0.4, -0.2) is 49.1 Å². The SMILES string of the molecule is CC1CC2CN(C)CC2N1C. The zero-order valence-corrected chi connectivity index (χ0v) is 7.75. The Balaban J connectivity index is 2.07. The molecule has 0 bridgehead atoms. The van der Waals surface area contributed by atoms with Crippen molar-refractivity contribution in [1.29, 1.82) is 0 Å². The molecule has 3 atom stereocenters. The zero-order chi connectivity index (χ0) is 8.01. The Morgan fingerprint density at radius 3 is 2.55 bits per heavy atom. The molecular formula is C9H18N2. The van der Waals surface area contributed by atoms with Crippen LogP contribution in [0.3, 0.4) is 0 Å². The number of fused-ring (bicyclic) bond motifs is 1. The Hall–Kier alpha value is -0.0800. The van der Waals surface area contributed by atoms with Gasteiger partial charge in [-0.2, -0.15) is 0 Å². The summed E-state index contributed by atoms with van der Waals surface area (Å²) >= 11 is 0. The van der Waals surface area contributed by atoms with Gasteiger partial charge in [0.05, 0.1) is 0 Å². The van der Waals surface area contributed by atoms with Gasteiger partial charge in [0.25, 0.3) is 0 Å². The molecule has 0 aromatic carbocycles. The van der Waals surface area contributed by atoms with E-state index in [1.165, 1.54) is 19.5 Å². The molecule has 2 fully saturated rings. The minimum absolute atomic E-state index is 0.818. The van der Waals surface area contributed by atoms with Gasteiger partial charge in [-0.3, -0.25) is 4.90 Å². The predicted molar refractivity (Wildman–Crippen MR) is 46.6 cm³/mol. The highest BCUT2D eigenvalue weighted by molar-refractivity contribution is 4.97. The summed E-state index contributed by atoms with van der Waals surface area (Å²) in [5.74, 6) is 0.958. The summed E-state index contributed by atoms with van der Waals surface area (Å²) < 4.78 is 0. The molecule has 0 N–H and O–H groups in total. The molecule has 2 saturated heterocycles. The standard InChI is InChI=1S/C9H18N2/c1-7-4-8-5-10(2)6-9(8)11(7)3/h7-9H,4-6H2,1-3H3. The van der Waals surface area contributed by atoms with Crippen LogP contribution in [0.2, 0.25) is 0 Å². The number of likely N-dealkylation sites (tertiary alicyclic amines) is 2. The van der Waals surface area contributed by atoms with Gasteiger partial charge in [0.2, 0.25) is 0 Å². The highest BCUT2D eigenvalue weighted by Gasteiger charge is 2.41. The minimum atomic E-state index is 0.818. The molecule has 2 aliphatic heterocycles. The van der Waals surface area contributed by atoms with Crippen LogP contribution >= 0.6 is 0 Å². The highest BCUT2D eigenvalue weighted by Crippen LogP contribution is 2.33. The van der Waals surface area contributed by atoms with Crippen LogP contribution < -0.4 is 0 Å². The number of hydrogen-bond donors (Lipinski definition) is 0. The van der Waals surface area contributed by atoms with Crippen molar-refractivity contribution in [2.24, 2.45) is 5.92 Å². The first-order chi connectivity index (χ1) is 5.18. The monoisotopic (exact) mass is 154 g/mol. The fourth-order valence-corrected chi connectivity index (χ4v) is 2.69. The van der Waals surface area contributed by atoms with Crippen LogP contribution in [0.15, 0.2) is 0 Å². The summed E-state index contributed by atoms with van der Waals surface area (Å²) in [7, 11) is 4.51. The molecule has 0 aromatic heterocycles. The molecule has 2 rings (SSSR count). The summed E-state index contributed by atoms with van der Waals surface area (Å²) in [5.41, 5.74) is 0. The lowest BCUT2D eigenvalue weighted by Crippen LogP contribution is -2.34. The maximum Gasteiger partial charge on any atom is 0.0263 e. The largest absolute Gasteiger partial charge is 0.304 e. The van der Waals surface area contributed by atoms with E-state index in [-0.39, 0.29) is 0 Å². The second-order valence-corrected chi connectivity index (χ2v) is 4.30. The van der Waals surface area contributed by atoms with Crippen molar-refractivity contribution in [2.75, 3.05) is 27.2 Å². The Bertz CT molecular complexity index is 158. The molecule has 0 radical (unpaired) electrons. The normalized spacial score (nSPS) is 46.6. The van der Waals surface area contributed by atoms with Crippen LogP contribution in [0.25, 0.3) is 0 Å². The lowest BCUT2D eigenvalue weighted by Gasteiger charge is -2.22. The Labute approximate surface area is 69.2 Å². The van der Waals surface area contributed by atoms with Crippen LogP contribution in [0.1, 0.15) is 13.3 Å². The Morgan fingerprint density at radius 1 is 1.18 bits per heavy atom. The van der Waals surface area contributed by atoms with Crippen molar-refractivity contribution >= 4 is 0 Å². The predicted octanol–water partition coefficient (Wildman–Crippen LogP) is 0.641. The first-order valence-electron chi connectivity index (χ1n) is 4.59. The van der Waals surface area contributed by atoms with E-state index in [1.54, 1.807) is 0 Å². The molecule has 3 unspecified atom stereocenters. The number of hydrogen-bond acceptors (Lipinski definition) is 2. The van der Waals surface area contributed by atoms with Gasteiger partial charge in [0, 0.05) is 25.2 Å². The average Bonchev–Trinajstić information content (AvgIpc) is 2.37. The van der Waals surface area contributed by atoms with Gasteiger partial charge in [0.1, 0.15) is 0 Å². The third-order valence-electron chi connectivity index (χ3n) is 3.45. The molecule has 11 heavy (non-hydrogen) atoms. The van der Waals surface area contributed by atoms with Crippen molar-refractivity contribution in [3.05, 3.63) is 0 Å². The smallest absolute Gasteiger partial charge is 0.0263 e. The van der Waals surface area contributed by atoms with E-state index in [9.17, 15) is 0 Å². The molecule has 0 spiro atoms. The molecule has 2 nitrogen and oxygen atoms in total. The van der Waals surface area contributed by atoms with Gasteiger partial charge in [-0.15, -0.1) is 0 Å². The van der Waals surface area contributed by atoms with E-state index < -0.39 is 0 Å². The van der Waals surface area contributed by atoms with Crippen molar-refractivity contribution in [3.63, 3.8) is 0 Å². The van der Waals surface area contributed by atoms with Gasteiger partial charge in [-0.05, 0) is 33.4 Å². The fraction of sp³-hybridized carbons (Fsp3) is 1.00. The summed E-state index contributed by atoms with van der Waals surface area (Å²) in [6.45, 7) is 4.95. The quantitative estimate of drug-likeness (QED) is 0.505. The van der Waals surface area contributed by atoms with Crippen molar-refractivity contribution < 1.29 is 0 Å². The molecule has 0 saturated carbocycles. The van der Waals surface area contributed by atoms with Crippen LogP contribution in [0.5, 0.6) is 0 Å². The molecule has 0 aromatic rings.